The van der Waals surface area contributed by atoms with E-state index in [0.717, 1.165) is 5.56 Å². The summed E-state index contributed by atoms with van der Waals surface area (Å²) in [4.78, 5) is 4.08. The number of aromatic nitrogens is 1. The molecule has 0 saturated carbocycles. The molecule has 0 saturated heterocycles. The van der Waals surface area contributed by atoms with Crippen molar-refractivity contribution >= 4 is 0 Å². The number of rotatable bonds is 3. The molecule has 1 atom stereocenters. The van der Waals surface area contributed by atoms with E-state index >= 15 is 0 Å². The molecule has 18 heavy (non-hydrogen) atoms. The van der Waals surface area contributed by atoms with E-state index in [4.69, 9.17) is 4.74 Å². The summed E-state index contributed by atoms with van der Waals surface area (Å²) in [6, 6.07) is 7.72. The van der Waals surface area contributed by atoms with Crippen molar-refractivity contribution in [3.8, 4) is 11.6 Å². The molecule has 2 aromatic rings. The van der Waals surface area contributed by atoms with Gasteiger partial charge in [-0.2, -0.15) is 0 Å². The van der Waals surface area contributed by atoms with Crippen LogP contribution < -0.4 is 4.74 Å². The van der Waals surface area contributed by atoms with Crippen molar-refractivity contribution in [1.82, 2.24) is 4.98 Å². The minimum atomic E-state index is -0.556. The molecular formula is C14H14FNO2. The normalized spacial score (nSPS) is 12.2. The Balaban J connectivity index is 2.18. The fraction of sp³-hybridized carbons (Fsp3) is 0.214. The molecule has 1 heterocycles. The zero-order valence-corrected chi connectivity index (χ0v) is 10.2. The third-order valence-corrected chi connectivity index (χ3v) is 2.59. The molecule has 0 amide bonds. The molecule has 0 aliphatic rings. The van der Waals surface area contributed by atoms with E-state index in [1.807, 2.05) is 0 Å². The Labute approximate surface area is 105 Å². The Hall–Kier alpha value is -1.94. The van der Waals surface area contributed by atoms with Crippen LogP contribution in [0.15, 0.2) is 36.5 Å². The van der Waals surface area contributed by atoms with Crippen LogP contribution in [0.5, 0.6) is 11.6 Å². The van der Waals surface area contributed by atoms with Gasteiger partial charge in [-0.3, -0.25) is 0 Å². The summed E-state index contributed by atoms with van der Waals surface area (Å²) in [5.41, 5.74) is 1.43. The lowest BCUT2D eigenvalue weighted by molar-refractivity contribution is 0.198. The van der Waals surface area contributed by atoms with Crippen molar-refractivity contribution in [2.24, 2.45) is 0 Å². The van der Waals surface area contributed by atoms with E-state index in [1.165, 1.54) is 12.1 Å². The number of ether oxygens (including phenoxy) is 1. The third-order valence-electron chi connectivity index (χ3n) is 2.59. The first-order valence-electron chi connectivity index (χ1n) is 5.64. The number of hydrogen-bond acceptors (Lipinski definition) is 3. The standard InChI is InChI=1S/C14H14FNO2/c1-9-7-12(15)4-5-13(9)18-14-6-3-11(8-16-14)10(2)17/h3-8,10,17H,1-2H3. The minimum Gasteiger partial charge on any atom is -0.439 e. The second-order valence-corrected chi connectivity index (χ2v) is 4.12. The lowest BCUT2D eigenvalue weighted by Gasteiger charge is -2.09. The number of aliphatic hydroxyl groups is 1. The molecule has 4 heteroatoms. The first-order chi connectivity index (χ1) is 8.56. The number of benzene rings is 1. The summed E-state index contributed by atoms with van der Waals surface area (Å²) in [6.45, 7) is 3.43. The van der Waals surface area contributed by atoms with Gasteiger partial charge in [0.1, 0.15) is 11.6 Å². The zero-order valence-electron chi connectivity index (χ0n) is 10.2. The predicted molar refractivity (Wildman–Crippen MR) is 66.1 cm³/mol. The molecule has 1 aromatic carbocycles. The number of aryl methyl sites for hydroxylation is 1. The number of nitrogens with zero attached hydrogens (tertiary/aromatic N) is 1. The lowest BCUT2D eigenvalue weighted by atomic mass is 10.2. The zero-order chi connectivity index (χ0) is 13.1. The summed E-state index contributed by atoms with van der Waals surface area (Å²) < 4.78 is 18.5. The molecule has 0 aliphatic heterocycles. The number of hydrogen-bond donors (Lipinski definition) is 1. The van der Waals surface area contributed by atoms with Crippen LogP contribution in [0.1, 0.15) is 24.2 Å². The molecule has 1 aromatic heterocycles. The van der Waals surface area contributed by atoms with Gasteiger partial charge in [0.2, 0.25) is 5.88 Å². The van der Waals surface area contributed by atoms with Crippen LogP contribution in [0.25, 0.3) is 0 Å². The van der Waals surface area contributed by atoms with Gasteiger partial charge in [-0.05, 0) is 49.2 Å². The molecule has 0 radical (unpaired) electrons. The highest BCUT2D eigenvalue weighted by atomic mass is 19.1. The van der Waals surface area contributed by atoms with Gasteiger partial charge in [-0.15, -0.1) is 0 Å². The van der Waals surface area contributed by atoms with Gasteiger partial charge >= 0.3 is 0 Å². The molecule has 1 N–H and O–H groups in total. The fourth-order valence-electron chi connectivity index (χ4n) is 1.54. The van der Waals surface area contributed by atoms with Crippen LogP contribution in [0.2, 0.25) is 0 Å². The van der Waals surface area contributed by atoms with Crippen LogP contribution in [-0.2, 0) is 0 Å². The van der Waals surface area contributed by atoms with Crippen molar-refractivity contribution in [3.05, 3.63) is 53.5 Å². The van der Waals surface area contributed by atoms with Crippen molar-refractivity contribution in [3.63, 3.8) is 0 Å². The maximum absolute atomic E-state index is 12.9. The Morgan fingerprint density at radius 1 is 1.28 bits per heavy atom. The average molecular weight is 247 g/mol. The molecule has 3 nitrogen and oxygen atoms in total. The van der Waals surface area contributed by atoms with Crippen LogP contribution in [-0.4, -0.2) is 10.1 Å². The van der Waals surface area contributed by atoms with E-state index in [0.29, 0.717) is 17.2 Å². The minimum absolute atomic E-state index is 0.294. The lowest BCUT2D eigenvalue weighted by Crippen LogP contribution is -1.94. The van der Waals surface area contributed by atoms with Gasteiger partial charge < -0.3 is 9.84 Å². The number of pyridine rings is 1. The van der Waals surface area contributed by atoms with Crippen LogP contribution >= 0.6 is 0 Å². The summed E-state index contributed by atoms with van der Waals surface area (Å²) in [5, 5.41) is 9.36. The van der Waals surface area contributed by atoms with E-state index < -0.39 is 6.10 Å². The van der Waals surface area contributed by atoms with Gasteiger partial charge in [0.25, 0.3) is 0 Å². The summed E-state index contributed by atoms with van der Waals surface area (Å²) >= 11 is 0. The Morgan fingerprint density at radius 2 is 2.06 bits per heavy atom. The molecule has 0 aliphatic carbocycles. The Kier molecular flexibility index (Phi) is 3.58. The van der Waals surface area contributed by atoms with Crippen LogP contribution in [0.3, 0.4) is 0 Å². The molecule has 94 valence electrons. The second-order valence-electron chi connectivity index (χ2n) is 4.12. The predicted octanol–water partition coefficient (Wildman–Crippen LogP) is 3.37. The van der Waals surface area contributed by atoms with Gasteiger partial charge in [0.15, 0.2) is 0 Å². The maximum Gasteiger partial charge on any atom is 0.219 e. The molecular weight excluding hydrogens is 233 g/mol. The topological polar surface area (TPSA) is 42.4 Å². The van der Waals surface area contributed by atoms with Gasteiger partial charge in [-0.25, -0.2) is 9.37 Å². The van der Waals surface area contributed by atoms with E-state index in [1.54, 1.807) is 38.2 Å². The first-order valence-corrected chi connectivity index (χ1v) is 5.64. The third kappa shape index (κ3) is 2.84. The van der Waals surface area contributed by atoms with Crippen molar-refractivity contribution in [2.75, 3.05) is 0 Å². The molecule has 2 rings (SSSR count). The fourth-order valence-corrected chi connectivity index (χ4v) is 1.54. The van der Waals surface area contributed by atoms with Crippen LogP contribution in [0.4, 0.5) is 4.39 Å². The quantitative estimate of drug-likeness (QED) is 0.904. The molecule has 0 fully saturated rings. The summed E-state index contributed by atoms with van der Waals surface area (Å²) in [7, 11) is 0. The Morgan fingerprint density at radius 3 is 2.61 bits per heavy atom. The smallest absolute Gasteiger partial charge is 0.219 e. The number of aliphatic hydroxyl groups excluding tert-OH is 1. The van der Waals surface area contributed by atoms with Gasteiger partial charge in [0, 0.05) is 12.3 Å². The summed E-state index contributed by atoms with van der Waals surface area (Å²) in [5.74, 6) is 0.681. The largest absolute Gasteiger partial charge is 0.439 e. The first kappa shape index (κ1) is 12.5. The monoisotopic (exact) mass is 247 g/mol. The number of halogens is 1. The van der Waals surface area contributed by atoms with Crippen molar-refractivity contribution in [1.29, 1.82) is 0 Å². The van der Waals surface area contributed by atoms with Gasteiger partial charge in [0.05, 0.1) is 6.10 Å². The highest BCUT2D eigenvalue weighted by Crippen LogP contribution is 2.24. The molecule has 1 unspecified atom stereocenters. The highest BCUT2D eigenvalue weighted by molar-refractivity contribution is 5.35. The second kappa shape index (κ2) is 5.14. The SMILES string of the molecule is Cc1cc(F)ccc1Oc1ccc(C(C)O)cn1. The van der Waals surface area contributed by atoms with E-state index in [2.05, 4.69) is 4.98 Å². The molecule has 0 spiro atoms. The van der Waals surface area contributed by atoms with Crippen molar-refractivity contribution in [2.45, 2.75) is 20.0 Å². The van der Waals surface area contributed by atoms with Gasteiger partial charge in [-0.1, -0.05) is 0 Å². The van der Waals surface area contributed by atoms with Crippen molar-refractivity contribution < 1.29 is 14.2 Å². The summed E-state index contributed by atoms with van der Waals surface area (Å²) in [6.07, 6.45) is 0.998. The molecule has 0 bridgehead atoms. The average Bonchev–Trinajstić information content (AvgIpc) is 2.33. The highest BCUT2D eigenvalue weighted by Gasteiger charge is 2.05. The van der Waals surface area contributed by atoms with E-state index in [-0.39, 0.29) is 5.82 Å². The Bertz CT molecular complexity index is 538. The van der Waals surface area contributed by atoms with E-state index in [9.17, 15) is 9.50 Å². The van der Waals surface area contributed by atoms with Crippen LogP contribution in [0, 0.1) is 12.7 Å². The maximum atomic E-state index is 12.9.